The molecule has 1 aliphatic rings. The first-order chi connectivity index (χ1) is 17.0. The summed E-state index contributed by atoms with van der Waals surface area (Å²) in [5.74, 6) is -0.245. The van der Waals surface area contributed by atoms with E-state index in [4.69, 9.17) is 32.5 Å². The van der Waals surface area contributed by atoms with Crippen molar-refractivity contribution < 1.29 is 32.5 Å². The van der Waals surface area contributed by atoms with Gasteiger partial charge in [0.15, 0.2) is 0 Å². The molecule has 8 heteroatoms. The molecule has 6 nitrogen and oxygen atoms in total. The molecule has 0 saturated carbocycles. The molecule has 0 radical (unpaired) electrons. The molecule has 0 aliphatic carbocycles. The Kier molecular flexibility index (Phi) is 4.22. The second-order valence-electron chi connectivity index (χ2n) is 6.68. The highest BCUT2D eigenvalue weighted by Crippen LogP contribution is 2.36. The minimum Gasteiger partial charge on any atom is -0.478 e. The van der Waals surface area contributed by atoms with Gasteiger partial charge in [-0.05, 0) is 75.5 Å². The van der Waals surface area contributed by atoms with Gasteiger partial charge in [0.05, 0.1) is 34.3 Å². The third-order valence-corrected chi connectivity index (χ3v) is 4.93. The Bertz CT molecular complexity index is 1100. The maximum Gasteiger partial charge on any atom is 0.500 e. The van der Waals surface area contributed by atoms with Gasteiger partial charge in [0.1, 0.15) is 0 Å². The van der Waals surface area contributed by atoms with Crippen molar-refractivity contribution in [3.8, 4) is 11.8 Å². The SMILES string of the molecule is [2H]C([2H])([2H])C([2H])([2H])Oc1ncccc1B1OC(C)(C)C(C)(C)O1.[2H]C([2H])([2H])C([2H])([2H])Oc1ncccc1Br. The molecule has 0 atom stereocenters. The van der Waals surface area contributed by atoms with Crippen LogP contribution in [0.25, 0.3) is 0 Å². The van der Waals surface area contributed by atoms with E-state index in [2.05, 4.69) is 25.9 Å². The molecule has 0 spiro atoms. The molecule has 2 aromatic rings. The smallest absolute Gasteiger partial charge is 0.478 e. The Labute approximate surface area is 190 Å². The van der Waals surface area contributed by atoms with Gasteiger partial charge in [-0.1, -0.05) is 6.07 Å². The summed E-state index contributed by atoms with van der Waals surface area (Å²) in [6.07, 6.45) is 2.77. The van der Waals surface area contributed by atoms with Crippen molar-refractivity contribution >= 4 is 28.5 Å². The first-order valence-corrected chi connectivity index (χ1v) is 9.09. The molecular weight excluding hydrogens is 423 g/mol. The van der Waals surface area contributed by atoms with Gasteiger partial charge in [0.2, 0.25) is 11.8 Å². The van der Waals surface area contributed by atoms with Crippen molar-refractivity contribution in [1.29, 1.82) is 0 Å². The van der Waals surface area contributed by atoms with Gasteiger partial charge in [-0.15, -0.1) is 0 Å². The predicted molar refractivity (Wildman–Crippen MR) is 114 cm³/mol. The molecule has 1 fully saturated rings. The van der Waals surface area contributed by atoms with Crippen molar-refractivity contribution in [2.75, 3.05) is 13.1 Å². The number of nitrogens with zero attached hydrogens (tertiary/aromatic N) is 2. The van der Waals surface area contributed by atoms with Crippen LogP contribution in [0, 0.1) is 0 Å². The monoisotopic (exact) mass is 460 g/mol. The maximum absolute atomic E-state index is 7.60. The third kappa shape index (κ3) is 5.46. The molecule has 28 heavy (non-hydrogen) atoms. The van der Waals surface area contributed by atoms with Crippen LogP contribution in [0.4, 0.5) is 0 Å². The van der Waals surface area contributed by atoms with E-state index in [-0.39, 0.29) is 11.8 Å². The number of hydrogen-bond donors (Lipinski definition) is 0. The van der Waals surface area contributed by atoms with E-state index in [1.165, 1.54) is 12.4 Å². The summed E-state index contributed by atoms with van der Waals surface area (Å²) in [5.41, 5.74) is -0.832. The fourth-order valence-corrected chi connectivity index (χ4v) is 2.52. The summed E-state index contributed by atoms with van der Waals surface area (Å²) in [5, 5.41) is 0. The summed E-state index contributed by atoms with van der Waals surface area (Å²) < 4.78 is 94.1. The van der Waals surface area contributed by atoms with Crippen LogP contribution in [0.3, 0.4) is 0 Å². The normalized spacial score (nSPS) is 24.1. The molecule has 0 N–H and O–H groups in total. The Hall–Kier alpha value is -1.64. The lowest BCUT2D eigenvalue weighted by Gasteiger charge is -2.32. The molecule has 3 rings (SSSR count). The minimum atomic E-state index is -2.95. The van der Waals surface area contributed by atoms with Crippen LogP contribution in [0.15, 0.2) is 41.1 Å². The Morgan fingerprint density at radius 1 is 1.00 bits per heavy atom. The molecular formula is C20H28BBrN2O4. The third-order valence-electron chi connectivity index (χ3n) is 4.33. The molecule has 3 heterocycles. The Balaban J connectivity index is 0.000000293. The van der Waals surface area contributed by atoms with E-state index >= 15 is 0 Å². The van der Waals surface area contributed by atoms with Crippen LogP contribution < -0.4 is 14.9 Å². The fourth-order valence-electron chi connectivity index (χ4n) is 2.18. The predicted octanol–water partition coefficient (Wildman–Crippen LogP) is 4.02. The number of halogens is 1. The van der Waals surface area contributed by atoms with Gasteiger partial charge in [-0.2, -0.15) is 0 Å². The summed E-state index contributed by atoms with van der Waals surface area (Å²) in [6, 6.07) is 6.43. The number of pyridine rings is 2. The van der Waals surface area contributed by atoms with Crippen LogP contribution in [-0.2, 0) is 9.31 Å². The average molecular weight is 461 g/mol. The van der Waals surface area contributed by atoms with Gasteiger partial charge in [-0.25, -0.2) is 9.97 Å². The van der Waals surface area contributed by atoms with Crippen molar-refractivity contribution in [2.24, 2.45) is 0 Å². The van der Waals surface area contributed by atoms with E-state index in [0.717, 1.165) is 0 Å². The molecule has 0 amide bonds. The van der Waals surface area contributed by atoms with Crippen LogP contribution in [0.1, 0.15) is 55.1 Å². The number of rotatable bonds is 5. The van der Waals surface area contributed by atoms with E-state index in [0.29, 0.717) is 9.94 Å². The van der Waals surface area contributed by atoms with Crippen LogP contribution in [0.5, 0.6) is 11.8 Å². The first kappa shape index (κ1) is 12.1. The highest BCUT2D eigenvalue weighted by Gasteiger charge is 2.52. The minimum absolute atomic E-state index is 0.0846. The number of ether oxygens (including phenoxy) is 2. The van der Waals surface area contributed by atoms with Gasteiger partial charge < -0.3 is 18.8 Å². The quantitative estimate of drug-likeness (QED) is 0.627. The van der Waals surface area contributed by atoms with E-state index in [1.54, 1.807) is 24.3 Å². The highest BCUT2D eigenvalue weighted by molar-refractivity contribution is 9.10. The summed E-state index contributed by atoms with van der Waals surface area (Å²) >= 11 is 3.08. The van der Waals surface area contributed by atoms with E-state index < -0.39 is 45.1 Å². The van der Waals surface area contributed by atoms with Gasteiger partial charge in [0.25, 0.3) is 0 Å². The van der Waals surface area contributed by atoms with Crippen molar-refractivity contribution in [1.82, 2.24) is 9.97 Å². The first-order valence-electron chi connectivity index (χ1n) is 13.3. The lowest BCUT2D eigenvalue weighted by atomic mass is 9.80. The van der Waals surface area contributed by atoms with E-state index in [9.17, 15) is 0 Å². The van der Waals surface area contributed by atoms with Gasteiger partial charge >= 0.3 is 7.12 Å². The molecule has 1 saturated heterocycles. The summed E-state index contributed by atoms with van der Waals surface area (Å²) in [7, 11) is -0.823. The molecule has 0 aromatic carbocycles. The maximum atomic E-state index is 7.60. The molecule has 1 aliphatic heterocycles. The Morgan fingerprint density at radius 3 is 2.11 bits per heavy atom. The summed E-state index contributed by atoms with van der Waals surface area (Å²) in [6.45, 7) is -3.92. The molecule has 0 bridgehead atoms. The number of hydrogen-bond acceptors (Lipinski definition) is 6. The van der Waals surface area contributed by atoms with Crippen molar-refractivity contribution in [2.45, 2.75) is 52.6 Å². The lowest BCUT2D eigenvalue weighted by Crippen LogP contribution is -2.41. The fraction of sp³-hybridized carbons (Fsp3) is 0.500. The highest BCUT2D eigenvalue weighted by atomic mass is 79.9. The molecule has 152 valence electrons. The van der Waals surface area contributed by atoms with Crippen LogP contribution in [0.2, 0.25) is 0 Å². The van der Waals surface area contributed by atoms with E-state index in [1.807, 2.05) is 27.7 Å². The van der Waals surface area contributed by atoms with Gasteiger partial charge in [0, 0.05) is 26.1 Å². The Morgan fingerprint density at radius 2 is 1.54 bits per heavy atom. The summed E-state index contributed by atoms with van der Waals surface area (Å²) in [4.78, 5) is 7.66. The van der Waals surface area contributed by atoms with Crippen LogP contribution >= 0.6 is 15.9 Å². The zero-order chi connectivity index (χ0) is 29.4. The van der Waals surface area contributed by atoms with Crippen molar-refractivity contribution in [3.05, 3.63) is 41.1 Å². The second-order valence-corrected chi connectivity index (χ2v) is 7.54. The van der Waals surface area contributed by atoms with Crippen molar-refractivity contribution in [3.63, 3.8) is 0 Å². The van der Waals surface area contributed by atoms with Crippen LogP contribution in [-0.4, -0.2) is 41.4 Å². The largest absolute Gasteiger partial charge is 0.500 e. The van der Waals surface area contributed by atoms with Gasteiger partial charge in [-0.3, -0.25) is 0 Å². The number of aromatic nitrogens is 2. The second kappa shape index (κ2) is 9.72. The topological polar surface area (TPSA) is 62.7 Å². The molecule has 0 unspecified atom stereocenters. The standard InChI is InChI=1S/C13H20BNO3.C7H8BrNO/c1-6-16-11-10(8-7-9-15-11)14-17-12(2,3)13(4,5)18-14;1-2-10-7-6(8)4-3-5-9-7/h7-9H,6H2,1-5H3;3-5H,2H2,1H3/i1D3,6D2;1D3,2D2. The average Bonchev–Trinajstić information content (AvgIpc) is 2.95. The zero-order valence-electron chi connectivity index (χ0n) is 25.9. The zero-order valence-corrected chi connectivity index (χ0v) is 17.5. The molecule has 2 aromatic heterocycles. The lowest BCUT2D eigenvalue weighted by molar-refractivity contribution is 0.00578.